The lowest BCUT2D eigenvalue weighted by Crippen LogP contribution is -2.38. The second-order valence-electron chi connectivity index (χ2n) is 9.48. The van der Waals surface area contributed by atoms with Crippen LogP contribution in [0.25, 0.3) is 16.8 Å². The third-order valence-corrected chi connectivity index (χ3v) is 5.81. The van der Waals surface area contributed by atoms with Gasteiger partial charge in [0.15, 0.2) is 11.3 Å². The maximum atomic E-state index is 15.1. The van der Waals surface area contributed by atoms with Gasteiger partial charge in [-0.25, -0.2) is 24.1 Å². The number of benzene rings is 1. The summed E-state index contributed by atoms with van der Waals surface area (Å²) in [6.45, 7) is 5.36. The number of carbonyl (C=O) groups is 1. The highest BCUT2D eigenvalue weighted by Gasteiger charge is 2.30. The summed E-state index contributed by atoms with van der Waals surface area (Å²) in [6.07, 6.45) is 4.03. The van der Waals surface area contributed by atoms with Crippen molar-refractivity contribution in [2.24, 2.45) is 0 Å². The van der Waals surface area contributed by atoms with E-state index in [0.29, 0.717) is 29.9 Å². The first-order valence-corrected chi connectivity index (χ1v) is 11.6. The summed E-state index contributed by atoms with van der Waals surface area (Å²) in [4.78, 5) is 38.6. The van der Waals surface area contributed by atoms with Gasteiger partial charge in [-0.05, 0) is 45.0 Å². The average Bonchev–Trinajstić information content (AvgIpc) is 3.50. The van der Waals surface area contributed by atoms with Gasteiger partial charge < -0.3 is 14.5 Å². The number of aromatic amines is 1. The first kappa shape index (κ1) is 24.0. The number of halogens is 1. The fourth-order valence-electron chi connectivity index (χ4n) is 4.22. The van der Waals surface area contributed by atoms with Crippen LogP contribution in [0.1, 0.15) is 37.6 Å². The number of H-pyrrole nitrogens is 1. The Hall–Kier alpha value is -4.72. The molecule has 0 aliphatic carbocycles. The second-order valence-corrected chi connectivity index (χ2v) is 9.48. The number of fused-ring (bicyclic) bond motifs is 2. The molecule has 1 N–H and O–H groups in total. The average molecular weight is 503 g/mol. The molecular weight excluding hydrogens is 479 g/mol. The van der Waals surface area contributed by atoms with E-state index < -0.39 is 17.5 Å². The van der Waals surface area contributed by atoms with Crippen LogP contribution in [0.3, 0.4) is 0 Å². The topological polar surface area (TPSA) is 126 Å². The second kappa shape index (κ2) is 9.05. The highest BCUT2D eigenvalue weighted by Crippen LogP contribution is 2.33. The first-order chi connectivity index (χ1) is 17.7. The van der Waals surface area contributed by atoms with E-state index in [1.165, 1.54) is 34.0 Å². The maximum absolute atomic E-state index is 15.1. The molecule has 1 aliphatic rings. The summed E-state index contributed by atoms with van der Waals surface area (Å²) in [5, 5.41) is 9.54. The smallest absolute Gasteiger partial charge is 0.417 e. The van der Waals surface area contributed by atoms with Crippen LogP contribution in [0.2, 0.25) is 0 Å². The van der Waals surface area contributed by atoms with Gasteiger partial charge in [0.2, 0.25) is 5.95 Å². The normalized spacial score (nSPS) is 12.6. The van der Waals surface area contributed by atoms with Crippen LogP contribution in [0, 0.1) is 17.1 Å². The van der Waals surface area contributed by atoms with Crippen molar-refractivity contribution in [1.82, 2.24) is 19.4 Å². The molecule has 5 rings (SSSR count). The lowest BCUT2D eigenvalue weighted by atomic mass is 10.0. The number of pyridine rings is 1. The Morgan fingerprint density at radius 2 is 2.14 bits per heavy atom. The molecule has 0 saturated heterocycles. The molecule has 188 valence electrons. The van der Waals surface area contributed by atoms with E-state index in [1.807, 2.05) is 6.07 Å². The van der Waals surface area contributed by atoms with Crippen LogP contribution in [0.15, 0.2) is 47.7 Å². The van der Waals surface area contributed by atoms with Gasteiger partial charge in [0, 0.05) is 35.5 Å². The zero-order chi connectivity index (χ0) is 26.3. The quantitative estimate of drug-likeness (QED) is 0.447. The Labute approximate surface area is 210 Å². The Balaban J connectivity index is 1.70. The summed E-state index contributed by atoms with van der Waals surface area (Å²) < 4.78 is 27.7. The van der Waals surface area contributed by atoms with Crippen molar-refractivity contribution in [3.05, 3.63) is 75.8 Å². The zero-order valence-electron chi connectivity index (χ0n) is 20.4. The van der Waals surface area contributed by atoms with Gasteiger partial charge in [0.1, 0.15) is 23.2 Å². The van der Waals surface area contributed by atoms with Crippen LogP contribution in [0.5, 0.6) is 5.75 Å². The number of hydrogen-bond acceptors (Lipinski definition) is 7. The Kier molecular flexibility index (Phi) is 5.87. The molecular formula is C26H23FN6O4. The molecule has 1 amide bonds. The number of carbonyl (C=O) groups excluding carboxylic acids is 1. The summed E-state index contributed by atoms with van der Waals surface area (Å²) in [6, 6.07) is 8.10. The molecule has 0 bridgehead atoms. The van der Waals surface area contributed by atoms with Gasteiger partial charge in [-0.1, -0.05) is 0 Å². The number of rotatable bonds is 4. The van der Waals surface area contributed by atoms with Crippen LogP contribution in [-0.2, 0) is 17.7 Å². The van der Waals surface area contributed by atoms with Crippen LogP contribution in [-0.4, -0.2) is 37.7 Å². The minimum atomic E-state index is -0.848. The lowest BCUT2D eigenvalue weighted by Gasteiger charge is -2.28. The largest absolute Gasteiger partial charge is 0.493 e. The van der Waals surface area contributed by atoms with Crippen molar-refractivity contribution in [2.45, 2.75) is 39.3 Å². The van der Waals surface area contributed by atoms with Crippen molar-refractivity contribution in [3.63, 3.8) is 0 Å². The minimum Gasteiger partial charge on any atom is -0.493 e. The summed E-state index contributed by atoms with van der Waals surface area (Å²) >= 11 is 0. The summed E-state index contributed by atoms with van der Waals surface area (Å²) in [7, 11) is 0. The van der Waals surface area contributed by atoms with Crippen molar-refractivity contribution in [1.29, 1.82) is 5.26 Å². The number of nitrogens with one attached hydrogen (secondary N) is 1. The molecule has 4 heterocycles. The molecule has 10 nitrogen and oxygen atoms in total. The Bertz CT molecular complexity index is 1630. The van der Waals surface area contributed by atoms with E-state index in [-0.39, 0.29) is 40.5 Å². The number of nitrogens with zero attached hydrogens (tertiary/aromatic N) is 5. The van der Waals surface area contributed by atoms with Crippen LogP contribution < -0.4 is 15.2 Å². The Morgan fingerprint density at radius 1 is 1.32 bits per heavy atom. The molecule has 1 aromatic carbocycles. The van der Waals surface area contributed by atoms with Crippen molar-refractivity contribution in [2.75, 3.05) is 11.5 Å². The molecule has 3 aromatic heterocycles. The van der Waals surface area contributed by atoms with Gasteiger partial charge >= 0.3 is 6.09 Å². The van der Waals surface area contributed by atoms with Gasteiger partial charge in [0.05, 0.1) is 24.9 Å². The predicted molar refractivity (Wildman–Crippen MR) is 132 cm³/mol. The lowest BCUT2D eigenvalue weighted by molar-refractivity contribution is 0.0574. The van der Waals surface area contributed by atoms with E-state index in [2.05, 4.69) is 15.0 Å². The number of ether oxygens (including phenoxy) is 2. The fourth-order valence-corrected chi connectivity index (χ4v) is 4.22. The molecule has 0 radical (unpaired) electrons. The number of amides is 1. The van der Waals surface area contributed by atoms with Gasteiger partial charge in [-0.2, -0.15) is 5.26 Å². The molecule has 37 heavy (non-hydrogen) atoms. The number of imidazole rings is 1. The van der Waals surface area contributed by atoms with Crippen molar-refractivity contribution >= 4 is 17.7 Å². The van der Waals surface area contributed by atoms with E-state index in [0.717, 1.165) is 0 Å². The molecule has 0 atom stereocenters. The van der Waals surface area contributed by atoms with Crippen molar-refractivity contribution in [3.8, 4) is 22.9 Å². The highest BCUT2D eigenvalue weighted by atomic mass is 19.1. The third-order valence-electron chi connectivity index (χ3n) is 5.81. The number of nitriles is 1. The fraction of sp³-hybridized carbons (Fsp3) is 0.269. The van der Waals surface area contributed by atoms with Gasteiger partial charge in [-0.3, -0.25) is 9.20 Å². The SMILES string of the molecule is CC(C)(C)OC(=O)N(Cc1c(F)ccc2c1CCO2)c1ncc(-c2ccc[nH]c2=O)c2nc(C#N)cn12. The van der Waals surface area contributed by atoms with Crippen LogP contribution >= 0.6 is 0 Å². The summed E-state index contributed by atoms with van der Waals surface area (Å²) in [5.74, 6) is 0.113. The van der Waals surface area contributed by atoms with E-state index >= 15 is 4.39 Å². The third kappa shape index (κ3) is 4.49. The molecule has 1 aliphatic heterocycles. The molecule has 0 unspecified atom stereocenters. The molecule has 4 aromatic rings. The molecule has 11 heteroatoms. The Morgan fingerprint density at radius 3 is 2.86 bits per heavy atom. The number of anilines is 1. The predicted octanol–water partition coefficient (Wildman–Crippen LogP) is 3.97. The van der Waals surface area contributed by atoms with E-state index in [4.69, 9.17) is 9.47 Å². The molecule has 0 fully saturated rings. The highest BCUT2D eigenvalue weighted by molar-refractivity contribution is 5.88. The summed E-state index contributed by atoms with van der Waals surface area (Å²) in [5.41, 5.74) is 0.651. The zero-order valence-corrected chi connectivity index (χ0v) is 20.4. The van der Waals surface area contributed by atoms with E-state index in [1.54, 1.807) is 39.0 Å². The molecule has 0 spiro atoms. The standard InChI is InChI=1S/C26H23FN6O4/c1-26(2,3)37-25(35)33(14-19-16-8-10-36-21(16)7-6-20(19)27)24-30-12-18(17-5-4-9-29-23(17)34)22-31-15(11-28)13-32(22)24/h4-7,9,12-13H,8,10,14H2,1-3H3,(H,29,34). The van der Waals surface area contributed by atoms with E-state index in [9.17, 15) is 14.9 Å². The van der Waals surface area contributed by atoms with Crippen LogP contribution in [0.4, 0.5) is 15.1 Å². The number of aromatic nitrogens is 4. The van der Waals surface area contributed by atoms with Gasteiger partial charge in [-0.15, -0.1) is 0 Å². The number of hydrogen-bond donors (Lipinski definition) is 1. The van der Waals surface area contributed by atoms with Crippen molar-refractivity contribution < 1.29 is 18.7 Å². The first-order valence-electron chi connectivity index (χ1n) is 11.6. The maximum Gasteiger partial charge on any atom is 0.417 e. The van der Waals surface area contributed by atoms with Gasteiger partial charge in [0.25, 0.3) is 5.56 Å². The minimum absolute atomic E-state index is 0.0466. The monoisotopic (exact) mass is 502 g/mol. The molecule has 0 saturated carbocycles.